The number of carboxylic acids is 1. The first-order valence-electron chi connectivity index (χ1n) is 6.87. The van der Waals surface area contributed by atoms with Gasteiger partial charge in [-0.25, -0.2) is 0 Å². The molecule has 0 heterocycles. The standard InChI is InChI=1S/C16H23NO3/c1-16(2,3)13-6-4-12(5-7-13)10-11-17-14(18)8-9-15(19)20/h4-7H,8-11H2,1-3H3,(H,17,18)(H,19,20). The highest BCUT2D eigenvalue weighted by Crippen LogP contribution is 2.22. The van der Waals surface area contributed by atoms with Crippen molar-refractivity contribution >= 4 is 11.9 Å². The van der Waals surface area contributed by atoms with Crippen LogP contribution < -0.4 is 5.32 Å². The number of rotatable bonds is 6. The summed E-state index contributed by atoms with van der Waals surface area (Å²) in [5, 5.41) is 11.2. The van der Waals surface area contributed by atoms with Crippen molar-refractivity contribution in [1.29, 1.82) is 0 Å². The van der Waals surface area contributed by atoms with Gasteiger partial charge in [-0.2, -0.15) is 0 Å². The summed E-state index contributed by atoms with van der Waals surface area (Å²) >= 11 is 0. The monoisotopic (exact) mass is 277 g/mol. The van der Waals surface area contributed by atoms with Crippen molar-refractivity contribution in [3.05, 3.63) is 35.4 Å². The number of amides is 1. The Morgan fingerprint density at radius 1 is 1.10 bits per heavy atom. The van der Waals surface area contributed by atoms with Crippen LogP contribution in [0.25, 0.3) is 0 Å². The lowest BCUT2D eigenvalue weighted by Crippen LogP contribution is -2.26. The molecule has 0 unspecified atom stereocenters. The molecule has 0 aliphatic heterocycles. The summed E-state index contributed by atoms with van der Waals surface area (Å²) in [6, 6.07) is 8.37. The molecular formula is C16H23NO3. The second-order valence-corrected chi connectivity index (χ2v) is 5.94. The fourth-order valence-electron chi connectivity index (χ4n) is 1.83. The second kappa shape index (κ2) is 7.08. The van der Waals surface area contributed by atoms with Crippen molar-refractivity contribution in [3.63, 3.8) is 0 Å². The van der Waals surface area contributed by atoms with E-state index in [-0.39, 0.29) is 24.2 Å². The first-order chi connectivity index (χ1) is 9.29. The lowest BCUT2D eigenvalue weighted by molar-refractivity contribution is -0.138. The van der Waals surface area contributed by atoms with Crippen LogP contribution >= 0.6 is 0 Å². The molecule has 1 aromatic carbocycles. The van der Waals surface area contributed by atoms with E-state index in [1.807, 2.05) is 0 Å². The smallest absolute Gasteiger partial charge is 0.303 e. The molecule has 0 saturated carbocycles. The Morgan fingerprint density at radius 3 is 2.20 bits per heavy atom. The van der Waals surface area contributed by atoms with Crippen LogP contribution in [0.3, 0.4) is 0 Å². The summed E-state index contributed by atoms with van der Waals surface area (Å²) in [6.07, 6.45) is 0.674. The van der Waals surface area contributed by atoms with Crippen LogP contribution in [0.5, 0.6) is 0 Å². The fraction of sp³-hybridized carbons (Fsp3) is 0.500. The molecule has 20 heavy (non-hydrogen) atoms. The highest BCUT2D eigenvalue weighted by molar-refractivity contribution is 5.80. The summed E-state index contributed by atoms with van der Waals surface area (Å²) < 4.78 is 0. The van der Waals surface area contributed by atoms with Crippen LogP contribution in [0, 0.1) is 0 Å². The molecule has 4 heteroatoms. The molecule has 1 rings (SSSR count). The fourth-order valence-corrected chi connectivity index (χ4v) is 1.83. The summed E-state index contributed by atoms with van der Waals surface area (Å²) in [6.45, 7) is 7.05. The summed E-state index contributed by atoms with van der Waals surface area (Å²) in [7, 11) is 0. The number of aliphatic carboxylic acids is 1. The predicted octanol–water partition coefficient (Wildman–Crippen LogP) is 2.51. The van der Waals surface area contributed by atoms with Gasteiger partial charge in [0.15, 0.2) is 0 Å². The zero-order valence-electron chi connectivity index (χ0n) is 12.4. The predicted molar refractivity (Wildman–Crippen MR) is 78.7 cm³/mol. The topological polar surface area (TPSA) is 66.4 Å². The molecule has 0 radical (unpaired) electrons. The van der Waals surface area contributed by atoms with Crippen molar-refractivity contribution in [3.8, 4) is 0 Å². The number of carbonyl (C=O) groups excluding carboxylic acids is 1. The van der Waals surface area contributed by atoms with E-state index < -0.39 is 5.97 Å². The Kier molecular flexibility index (Phi) is 5.74. The van der Waals surface area contributed by atoms with Gasteiger partial charge >= 0.3 is 5.97 Å². The van der Waals surface area contributed by atoms with Gasteiger partial charge in [-0.1, -0.05) is 45.0 Å². The van der Waals surface area contributed by atoms with Crippen molar-refractivity contribution < 1.29 is 14.7 Å². The third-order valence-electron chi connectivity index (χ3n) is 3.12. The van der Waals surface area contributed by atoms with E-state index >= 15 is 0 Å². The molecular weight excluding hydrogens is 254 g/mol. The van der Waals surface area contributed by atoms with Crippen molar-refractivity contribution in [2.45, 2.75) is 45.4 Å². The van der Waals surface area contributed by atoms with Crippen molar-refractivity contribution in [2.24, 2.45) is 0 Å². The molecule has 0 atom stereocenters. The van der Waals surface area contributed by atoms with E-state index in [1.54, 1.807) is 0 Å². The average Bonchev–Trinajstić information content (AvgIpc) is 2.36. The van der Waals surface area contributed by atoms with Crippen LogP contribution in [0.2, 0.25) is 0 Å². The van der Waals surface area contributed by atoms with Crippen molar-refractivity contribution in [2.75, 3.05) is 6.54 Å². The van der Waals surface area contributed by atoms with Crippen LogP contribution in [-0.2, 0) is 21.4 Å². The lowest BCUT2D eigenvalue weighted by atomic mass is 9.86. The number of benzene rings is 1. The molecule has 1 aromatic rings. The maximum atomic E-state index is 11.3. The van der Waals surface area contributed by atoms with Crippen LogP contribution in [-0.4, -0.2) is 23.5 Å². The summed E-state index contributed by atoms with van der Waals surface area (Å²) in [5.74, 6) is -1.16. The molecule has 0 fully saturated rings. The molecule has 1 amide bonds. The zero-order valence-corrected chi connectivity index (χ0v) is 12.4. The molecule has 0 saturated heterocycles. The van der Waals surface area contributed by atoms with E-state index in [1.165, 1.54) is 5.56 Å². The Morgan fingerprint density at radius 2 is 1.70 bits per heavy atom. The number of hydrogen-bond acceptors (Lipinski definition) is 2. The quantitative estimate of drug-likeness (QED) is 0.839. The Hall–Kier alpha value is -1.84. The number of hydrogen-bond donors (Lipinski definition) is 2. The van der Waals surface area contributed by atoms with Gasteiger partial charge in [0.2, 0.25) is 5.91 Å². The minimum absolute atomic E-state index is 0.0400. The van der Waals surface area contributed by atoms with Gasteiger partial charge in [-0.05, 0) is 23.0 Å². The summed E-state index contributed by atoms with van der Waals surface area (Å²) in [5.41, 5.74) is 2.59. The maximum Gasteiger partial charge on any atom is 0.303 e. The van der Waals surface area contributed by atoms with E-state index in [0.717, 1.165) is 12.0 Å². The van der Waals surface area contributed by atoms with Crippen molar-refractivity contribution in [1.82, 2.24) is 5.32 Å². The largest absolute Gasteiger partial charge is 0.481 e. The Labute approximate surface area is 120 Å². The van der Waals surface area contributed by atoms with Gasteiger partial charge in [0.05, 0.1) is 6.42 Å². The molecule has 4 nitrogen and oxygen atoms in total. The minimum Gasteiger partial charge on any atom is -0.481 e. The van der Waals surface area contributed by atoms with E-state index in [9.17, 15) is 9.59 Å². The van der Waals surface area contributed by atoms with Gasteiger partial charge in [-0.15, -0.1) is 0 Å². The first-order valence-corrected chi connectivity index (χ1v) is 6.87. The Balaban J connectivity index is 2.36. The molecule has 0 aromatic heterocycles. The van der Waals surface area contributed by atoms with Crippen LogP contribution in [0.4, 0.5) is 0 Å². The highest BCUT2D eigenvalue weighted by Gasteiger charge is 2.12. The minimum atomic E-state index is -0.946. The Bertz CT molecular complexity index is 458. The van der Waals surface area contributed by atoms with E-state index in [2.05, 4.69) is 50.4 Å². The molecule has 110 valence electrons. The van der Waals surface area contributed by atoms with Gasteiger partial charge in [-0.3, -0.25) is 9.59 Å². The first kappa shape index (κ1) is 16.2. The van der Waals surface area contributed by atoms with Crippen LogP contribution in [0.15, 0.2) is 24.3 Å². The molecule has 2 N–H and O–H groups in total. The molecule has 0 aliphatic carbocycles. The zero-order chi connectivity index (χ0) is 15.2. The van der Waals surface area contributed by atoms with Gasteiger partial charge in [0, 0.05) is 13.0 Å². The van der Waals surface area contributed by atoms with Gasteiger partial charge in [0.1, 0.15) is 0 Å². The van der Waals surface area contributed by atoms with E-state index in [0.29, 0.717) is 6.54 Å². The molecule has 0 aliphatic rings. The average molecular weight is 277 g/mol. The maximum absolute atomic E-state index is 11.3. The van der Waals surface area contributed by atoms with Gasteiger partial charge < -0.3 is 10.4 Å². The molecule has 0 bridgehead atoms. The number of carboxylic acid groups (broad SMARTS) is 1. The van der Waals surface area contributed by atoms with Gasteiger partial charge in [0.25, 0.3) is 0 Å². The number of nitrogens with one attached hydrogen (secondary N) is 1. The summed E-state index contributed by atoms with van der Waals surface area (Å²) in [4.78, 5) is 21.7. The van der Waals surface area contributed by atoms with E-state index in [4.69, 9.17) is 5.11 Å². The lowest BCUT2D eigenvalue weighted by Gasteiger charge is -2.19. The second-order valence-electron chi connectivity index (χ2n) is 5.94. The molecule has 0 spiro atoms. The normalized spacial score (nSPS) is 11.2. The third kappa shape index (κ3) is 5.87. The third-order valence-corrected chi connectivity index (χ3v) is 3.12. The highest BCUT2D eigenvalue weighted by atomic mass is 16.4. The SMILES string of the molecule is CC(C)(C)c1ccc(CCNC(=O)CCC(=O)O)cc1. The number of carbonyl (C=O) groups is 2. The van der Waals surface area contributed by atoms with Crippen LogP contribution in [0.1, 0.15) is 44.7 Å².